The minimum atomic E-state index is -0.429. The van der Waals surface area contributed by atoms with Gasteiger partial charge in [0.2, 0.25) is 5.91 Å². The largest absolute Gasteiger partial charge is 0.497 e. The molecule has 2 aromatic carbocycles. The summed E-state index contributed by atoms with van der Waals surface area (Å²) in [7, 11) is 2.88. The van der Waals surface area contributed by atoms with E-state index in [0.29, 0.717) is 61.9 Å². The second-order valence-corrected chi connectivity index (χ2v) is 11.8. The number of rotatable bonds is 4. The Morgan fingerprint density at radius 2 is 1.72 bits per heavy atom. The molecule has 0 aliphatic carbocycles. The summed E-state index contributed by atoms with van der Waals surface area (Å²) in [4.78, 5) is 32.7. The van der Waals surface area contributed by atoms with Crippen LogP contribution in [0.5, 0.6) is 5.75 Å². The van der Waals surface area contributed by atoms with Crippen molar-refractivity contribution in [2.45, 2.75) is 51.1 Å². The van der Waals surface area contributed by atoms with Gasteiger partial charge in [0.1, 0.15) is 11.6 Å². The molecule has 39 heavy (non-hydrogen) atoms. The molecule has 0 radical (unpaired) electrons. The minimum Gasteiger partial charge on any atom is -0.497 e. The van der Waals surface area contributed by atoms with E-state index >= 15 is 4.39 Å². The van der Waals surface area contributed by atoms with Crippen LogP contribution in [0.1, 0.15) is 56.7 Å². The second kappa shape index (κ2) is 12.1. The maximum Gasteiger partial charge on any atom is 0.410 e. The quantitative estimate of drug-likeness (QED) is 0.478. The van der Waals surface area contributed by atoms with Gasteiger partial charge in [0.15, 0.2) is 0 Å². The number of methoxy groups -OCH3 is 2. The predicted molar refractivity (Wildman–Crippen MR) is 150 cm³/mol. The van der Waals surface area contributed by atoms with Crippen LogP contribution in [0.4, 0.5) is 9.18 Å². The number of hydrogen-bond donors (Lipinski definition) is 0. The lowest BCUT2D eigenvalue weighted by atomic mass is 9.87. The fourth-order valence-corrected chi connectivity index (χ4v) is 5.93. The number of carbonyl (C=O) groups excluding carboxylic acids is 2. The van der Waals surface area contributed by atoms with Gasteiger partial charge in [0.05, 0.1) is 26.2 Å². The molecule has 2 fully saturated rings. The van der Waals surface area contributed by atoms with Crippen molar-refractivity contribution in [2.75, 3.05) is 46.9 Å². The first-order valence-corrected chi connectivity index (χ1v) is 13.9. The van der Waals surface area contributed by atoms with Crippen molar-refractivity contribution < 1.29 is 23.5 Å². The summed E-state index contributed by atoms with van der Waals surface area (Å²) in [6.07, 6.45) is 0.960. The second-order valence-electron chi connectivity index (χ2n) is 11.4. The van der Waals surface area contributed by atoms with Crippen molar-refractivity contribution in [1.29, 1.82) is 0 Å². The fourth-order valence-electron chi connectivity index (χ4n) is 5.80. The number of ether oxygens (including phenoxy) is 2. The van der Waals surface area contributed by atoms with E-state index < -0.39 is 12.0 Å². The number of carbonyl (C=O) groups is 2. The number of amides is 2. The molecule has 9 heteroatoms. The molecule has 2 aliphatic rings. The van der Waals surface area contributed by atoms with E-state index in [0.717, 1.165) is 5.56 Å². The van der Waals surface area contributed by atoms with Crippen LogP contribution in [0.25, 0.3) is 0 Å². The van der Waals surface area contributed by atoms with Gasteiger partial charge in [-0.3, -0.25) is 14.6 Å². The van der Waals surface area contributed by atoms with Gasteiger partial charge >= 0.3 is 6.09 Å². The zero-order valence-electron chi connectivity index (χ0n) is 23.5. The summed E-state index contributed by atoms with van der Waals surface area (Å²) in [5.74, 6) is -0.594. The van der Waals surface area contributed by atoms with Crippen LogP contribution in [0.15, 0.2) is 42.5 Å². The van der Waals surface area contributed by atoms with E-state index in [1.165, 1.54) is 20.3 Å². The monoisotopic (exact) mass is 559 g/mol. The molecule has 1 unspecified atom stereocenters. The Morgan fingerprint density at radius 1 is 1.00 bits per heavy atom. The van der Waals surface area contributed by atoms with Crippen LogP contribution >= 0.6 is 11.6 Å². The summed E-state index contributed by atoms with van der Waals surface area (Å²) in [5.41, 5.74) is 1.35. The van der Waals surface area contributed by atoms with Gasteiger partial charge in [-0.25, -0.2) is 9.18 Å². The molecule has 0 saturated carbocycles. The highest BCUT2D eigenvalue weighted by molar-refractivity contribution is 6.30. The Morgan fingerprint density at radius 3 is 2.33 bits per heavy atom. The van der Waals surface area contributed by atoms with E-state index in [-0.39, 0.29) is 29.2 Å². The first-order valence-electron chi connectivity index (χ1n) is 13.5. The summed E-state index contributed by atoms with van der Waals surface area (Å²) in [6.45, 7) is 8.76. The van der Waals surface area contributed by atoms with Crippen LogP contribution in [-0.4, -0.2) is 79.2 Å². The topological polar surface area (TPSA) is 62.3 Å². The Bertz CT molecular complexity index is 1170. The summed E-state index contributed by atoms with van der Waals surface area (Å²) >= 11 is 6.09. The molecule has 2 aliphatic heterocycles. The Labute approximate surface area is 235 Å². The molecule has 3 atom stereocenters. The maximum atomic E-state index is 15.2. The van der Waals surface area contributed by atoms with Gasteiger partial charge in [0.25, 0.3) is 0 Å². The van der Waals surface area contributed by atoms with Crippen molar-refractivity contribution >= 4 is 23.6 Å². The lowest BCUT2D eigenvalue weighted by Gasteiger charge is -2.37. The third-order valence-electron chi connectivity index (χ3n) is 8.06. The Kier molecular flexibility index (Phi) is 9.07. The molecular weight excluding hydrogens is 521 g/mol. The van der Waals surface area contributed by atoms with E-state index in [2.05, 4.69) is 25.7 Å². The molecule has 0 spiro atoms. The van der Waals surface area contributed by atoms with Crippen LogP contribution < -0.4 is 4.74 Å². The van der Waals surface area contributed by atoms with Gasteiger partial charge in [-0.1, -0.05) is 29.8 Å². The first kappa shape index (κ1) is 29.2. The van der Waals surface area contributed by atoms with E-state index in [1.54, 1.807) is 17.0 Å². The van der Waals surface area contributed by atoms with Crippen molar-refractivity contribution in [3.8, 4) is 5.75 Å². The van der Waals surface area contributed by atoms with Crippen molar-refractivity contribution in [1.82, 2.24) is 14.7 Å². The number of nitrogens with zero attached hydrogens (tertiary/aromatic N) is 3. The summed E-state index contributed by atoms with van der Waals surface area (Å²) in [5, 5.41) is 0.634. The Hall–Kier alpha value is -2.84. The smallest absolute Gasteiger partial charge is 0.410 e. The summed E-state index contributed by atoms with van der Waals surface area (Å²) in [6, 6.07) is 12.2. The average molecular weight is 560 g/mol. The molecule has 4 rings (SSSR count). The molecule has 0 aromatic heterocycles. The van der Waals surface area contributed by atoms with Gasteiger partial charge in [-0.2, -0.15) is 0 Å². The highest BCUT2D eigenvalue weighted by Gasteiger charge is 2.44. The van der Waals surface area contributed by atoms with Crippen LogP contribution in [0, 0.1) is 11.7 Å². The van der Waals surface area contributed by atoms with Gasteiger partial charge in [-0.05, 0) is 62.9 Å². The minimum absolute atomic E-state index is 0.00303. The van der Waals surface area contributed by atoms with Crippen LogP contribution in [0.2, 0.25) is 5.02 Å². The lowest BCUT2D eigenvalue weighted by molar-refractivity contribution is -0.136. The van der Waals surface area contributed by atoms with Crippen LogP contribution in [-0.2, 0) is 9.53 Å². The van der Waals surface area contributed by atoms with Crippen molar-refractivity contribution in [3.63, 3.8) is 0 Å². The molecule has 0 bridgehead atoms. The number of hydrogen-bond acceptors (Lipinski definition) is 5. The van der Waals surface area contributed by atoms with Crippen LogP contribution in [0.3, 0.4) is 0 Å². The zero-order chi connectivity index (χ0) is 28.3. The fraction of sp³-hybridized carbons (Fsp3) is 0.533. The lowest BCUT2D eigenvalue weighted by Crippen LogP contribution is -2.48. The first-order chi connectivity index (χ1) is 18.5. The van der Waals surface area contributed by atoms with Crippen molar-refractivity contribution in [2.24, 2.45) is 5.92 Å². The third-order valence-corrected chi connectivity index (χ3v) is 8.31. The summed E-state index contributed by atoms with van der Waals surface area (Å²) < 4.78 is 25.5. The average Bonchev–Trinajstić information content (AvgIpc) is 3.34. The normalized spacial score (nSPS) is 22.8. The van der Waals surface area contributed by atoms with E-state index in [9.17, 15) is 9.59 Å². The molecule has 2 aromatic rings. The molecule has 7 nitrogen and oxygen atoms in total. The molecule has 2 amide bonds. The third kappa shape index (κ3) is 6.49. The van der Waals surface area contributed by atoms with E-state index in [4.69, 9.17) is 21.1 Å². The van der Waals surface area contributed by atoms with Gasteiger partial charge in [0, 0.05) is 55.3 Å². The SMILES string of the molecule is COC(=O)N1CCN(C(=O)[C@@H]2CN(C(C)(C)C)C[C@H]2c2ccc(OC)cc2F)CCCC1c1ccc(Cl)cc1. The molecule has 0 N–H and O–H groups in total. The highest BCUT2D eigenvalue weighted by atomic mass is 35.5. The molecule has 212 valence electrons. The number of halogens is 2. The van der Waals surface area contributed by atoms with Gasteiger partial charge in [-0.15, -0.1) is 0 Å². The van der Waals surface area contributed by atoms with Gasteiger partial charge < -0.3 is 14.4 Å². The maximum absolute atomic E-state index is 15.2. The predicted octanol–water partition coefficient (Wildman–Crippen LogP) is 5.73. The van der Waals surface area contributed by atoms with E-state index in [1.807, 2.05) is 29.2 Å². The molecule has 2 heterocycles. The molecular formula is C30H39ClFN3O4. The highest BCUT2D eigenvalue weighted by Crippen LogP contribution is 2.39. The number of benzene rings is 2. The van der Waals surface area contributed by atoms with Crippen molar-refractivity contribution in [3.05, 3.63) is 64.4 Å². The Balaban J connectivity index is 1.58. The number of likely N-dealkylation sites (tertiary alicyclic amines) is 1. The zero-order valence-corrected chi connectivity index (χ0v) is 24.2. The standard InChI is InChI=1S/C30H39ClFN3O4/c1-30(2,3)34-18-24(23-13-12-22(38-4)17-26(23)32)25(19-34)28(36)33-14-6-7-27(20-8-10-21(31)11-9-20)35(16-15-33)29(37)39-5/h8-13,17,24-25,27H,6-7,14-16,18-19H2,1-5H3/t24-,25+,27?/m0/s1. The molecule has 2 saturated heterocycles.